The summed E-state index contributed by atoms with van der Waals surface area (Å²) in [5.74, 6) is -1.63. The van der Waals surface area contributed by atoms with Crippen LogP contribution in [-0.2, 0) is 25.4 Å². The van der Waals surface area contributed by atoms with Crippen LogP contribution in [-0.4, -0.2) is 40.6 Å². The van der Waals surface area contributed by atoms with Gasteiger partial charge in [0.05, 0.1) is 7.11 Å². The molecule has 1 aromatic heterocycles. The number of aryl methyl sites for hydroxylation is 1. The normalized spacial score (nSPS) is 14.6. The molecule has 0 aliphatic carbocycles. The van der Waals surface area contributed by atoms with Gasteiger partial charge >= 0.3 is 5.69 Å². The summed E-state index contributed by atoms with van der Waals surface area (Å²) >= 11 is 0. The Bertz CT molecular complexity index is 1920. The quantitative estimate of drug-likeness (QED) is 0.278. The van der Waals surface area contributed by atoms with Crippen LogP contribution in [0.1, 0.15) is 34.3 Å². The predicted molar refractivity (Wildman–Crippen MR) is 166 cm³/mol. The van der Waals surface area contributed by atoms with E-state index in [2.05, 4.69) is 16.0 Å². The summed E-state index contributed by atoms with van der Waals surface area (Å²) in [5, 5.41) is 8.74. The first-order valence-corrected chi connectivity index (χ1v) is 14.3. The number of hydrogen-bond acceptors (Lipinski definition) is 6. The lowest BCUT2D eigenvalue weighted by molar-refractivity contribution is -0.122. The molecule has 0 bridgehead atoms. The smallest absolute Gasteiger partial charge is 0.330 e. The highest BCUT2D eigenvalue weighted by molar-refractivity contribution is 6.04. The first-order valence-electron chi connectivity index (χ1n) is 14.3. The Morgan fingerprint density at radius 2 is 1.76 bits per heavy atom. The fourth-order valence-corrected chi connectivity index (χ4v) is 5.45. The van der Waals surface area contributed by atoms with E-state index in [0.29, 0.717) is 41.8 Å². The number of halogens is 2. The van der Waals surface area contributed by atoms with Gasteiger partial charge in [-0.15, -0.1) is 0 Å². The number of methoxy groups -OCH3 is 1. The standard InChI is InChI=1S/C33H33F2N5O5/c1-18-21(7-6-10-27(18)38-31(42)25-17-39(2)33(44)40(3)32(25)43)23-9-5-8-22(30(23)35)19-13-26(34)24(28(14-19)45-4)16-36-20-11-12-29(41)37-15-20/h5-10,13-14,17,20,36H,11-12,15-16H2,1-4H3,(H,37,41)(H,38,42)/t20-/m1/s1. The SMILES string of the molecule is COc1cc(-c2cccc(-c3cccc(NC(=O)c4cn(C)c(=O)n(C)c4=O)c3C)c2F)cc(F)c1CN[C@@H]1CCC(=O)NC1. The van der Waals surface area contributed by atoms with Crippen LogP contribution >= 0.6 is 0 Å². The number of hydrogen-bond donors (Lipinski definition) is 3. The average molecular weight is 618 g/mol. The van der Waals surface area contributed by atoms with Crippen LogP contribution in [0.2, 0.25) is 0 Å². The fourth-order valence-electron chi connectivity index (χ4n) is 5.45. The van der Waals surface area contributed by atoms with Gasteiger partial charge in [0.15, 0.2) is 0 Å². The van der Waals surface area contributed by atoms with E-state index in [1.54, 1.807) is 49.4 Å². The van der Waals surface area contributed by atoms with E-state index in [4.69, 9.17) is 4.74 Å². The Morgan fingerprint density at radius 3 is 2.47 bits per heavy atom. The van der Waals surface area contributed by atoms with Crippen molar-refractivity contribution in [2.45, 2.75) is 32.4 Å². The highest BCUT2D eigenvalue weighted by atomic mass is 19.1. The second-order valence-corrected chi connectivity index (χ2v) is 11.0. The van der Waals surface area contributed by atoms with Gasteiger partial charge in [0.2, 0.25) is 5.91 Å². The Balaban J connectivity index is 1.44. The molecule has 5 rings (SSSR count). The van der Waals surface area contributed by atoms with Crippen molar-refractivity contribution in [1.29, 1.82) is 0 Å². The van der Waals surface area contributed by atoms with E-state index < -0.39 is 28.8 Å². The third-order valence-electron chi connectivity index (χ3n) is 8.08. The lowest BCUT2D eigenvalue weighted by Crippen LogP contribution is -2.45. The van der Waals surface area contributed by atoms with Crippen molar-refractivity contribution < 1.29 is 23.1 Å². The minimum atomic E-state index is -0.741. The molecule has 2 heterocycles. The zero-order valence-corrected chi connectivity index (χ0v) is 25.3. The molecule has 1 atom stereocenters. The van der Waals surface area contributed by atoms with Gasteiger partial charge in [0.25, 0.3) is 11.5 Å². The van der Waals surface area contributed by atoms with Gasteiger partial charge in [-0.3, -0.25) is 19.0 Å². The van der Waals surface area contributed by atoms with Gasteiger partial charge < -0.3 is 25.3 Å². The zero-order valence-electron chi connectivity index (χ0n) is 25.3. The maximum atomic E-state index is 16.2. The van der Waals surface area contributed by atoms with Gasteiger partial charge in [-0.2, -0.15) is 0 Å². The third kappa shape index (κ3) is 6.27. The topological polar surface area (TPSA) is 123 Å². The van der Waals surface area contributed by atoms with E-state index in [1.165, 1.54) is 33.5 Å². The van der Waals surface area contributed by atoms with Crippen LogP contribution in [0, 0.1) is 18.6 Å². The molecule has 4 aromatic rings. The molecule has 3 aromatic carbocycles. The second-order valence-electron chi connectivity index (χ2n) is 11.0. The Morgan fingerprint density at radius 1 is 1.04 bits per heavy atom. The summed E-state index contributed by atoms with van der Waals surface area (Å²) in [4.78, 5) is 49.1. The molecule has 1 saturated heterocycles. The van der Waals surface area contributed by atoms with E-state index in [-0.39, 0.29) is 46.5 Å². The van der Waals surface area contributed by atoms with Crippen molar-refractivity contribution in [1.82, 2.24) is 19.8 Å². The number of carbonyl (C=O) groups is 2. The molecule has 1 fully saturated rings. The maximum absolute atomic E-state index is 16.2. The maximum Gasteiger partial charge on any atom is 0.330 e. The van der Waals surface area contributed by atoms with Crippen LogP contribution in [0.4, 0.5) is 14.5 Å². The number of rotatable bonds is 8. The van der Waals surface area contributed by atoms with Crippen LogP contribution in [0.25, 0.3) is 22.3 Å². The third-order valence-corrected chi connectivity index (χ3v) is 8.08. The number of aromatic nitrogens is 2. The number of benzene rings is 3. The summed E-state index contributed by atoms with van der Waals surface area (Å²) in [6, 6.07) is 12.6. The Labute approximate surface area is 257 Å². The van der Waals surface area contributed by atoms with E-state index >= 15 is 8.78 Å². The molecule has 0 spiro atoms. The number of anilines is 1. The molecule has 1 aliphatic rings. The number of nitrogens with zero attached hydrogens (tertiary/aromatic N) is 2. The van der Waals surface area contributed by atoms with Crippen LogP contribution < -0.4 is 31.9 Å². The fraction of sp³-hybridized carbons (Fsp3) is 0.273. The van der Waals surface area contributed by atoms with E-state index in [9.17, 15) is 19.2 Å². The molecule has 2 amide bonds. The molecule has 0 saturated carbocycles. The first-order chi connectivity index (χ1) is 21.5. The van der Waals surface area contributed by atoms with E-state index in [0.717, 1.165) is 9.13 Å². The summed E-state index contributed by atoms with van der Waals surface area (Å²) in [6.07, 6.45) is 2.21. The summed E-state index contributed by atoms with van der Waals surface area (Å²) in [6.45, 7) is 2.33. The highest BCUT2D eigenvalue weighted by Gasteiger charge is 2.22. The molecule has 0 radical (unpaired) electrons. The van der Waals surface area contributed by atoms with Crippen molar-refractivity contribution in [2.75, 3.05) is 19.0 Å². The average Bonchev–Trinajstić information content (AvgIpc) is 3.03. The minimum absolute atomic E-state index is 0.00356. The molecule has 10 nitrogen and oxygen atoms in total. The monoisotopic (exact) mass is 617 g/mol. The Kier molecular flexibility index (Phi) is 8.96. The number of amides is 2. The molecular formula is C33H33F2N5O5. The molecule has 234 valence electrons. The number of nitrogens with one attached hydrogen (secondary N) is 3. The summed E-state index contributed by atoms with van der Waals surface area (Å²) in [7, 11) is 4.14. The van der Waals surface area contributed by atoms with Gasteiger partial charge in [0, 0.05) is 68.2 Å². The Hall–Kier alpha value is -5.10. The van der Waals surface area contributed by atoms with Crippen molar-refractivity contribution in [3.63, 3.8) is 0 Å². The van der Waals surface area contributed by atoms with Crippen LogP contribution in [0.3, 0.4) is 0 Å². The van der Waals surface area contributed by atoms with Gasteiger partial charge in [-0.05, 0) is 48.2 Å². The number of carbonyl (C=O) groups excluding carboxylic acids is 2. The molecule has 0 unspecified atom stereocenters. The molecule has 1 aliphatic heterocycles. The van der Waals surface area contributed by atoms with Gasteiger partial charge in [-0.25, -0.2) is 13.6 Å². The largest absolute Gasteiger partial charge is 0.496 e. The van der Waals surface area contributed by atoms with Crippen molar-refractivity contribution in [3.8, 4) is 28.0 Å². The van der Waals surface area contributed by atoms with Gasteiger partial charge in [-0.1, -0.05) is 30.3 Å². The number of piperidine rings is 1. The number of ether oxygens (including phenoxy) is 1. The highest BCUT2D eigenvalue weighted by Crippen LogP contribution is 2.37. The van der Waals surface area contributed by atoms with E-state index in [1.807, 2.05) is 0 Å². The zero-order chi connectivity index (χ0) is 32.4. The predicted octanol–water partition coefficient (Wildman–Crippen LogP) is 3.63. The molecule has 3 N–H and O–H groups in total. The lowest BCUT2D eigenvalue weighted by Gasteiger charge is -2.24. The first kappa shape index (κ1) is 31.3. The summed E-state index contributed by atoms with van der Waals surface area (Å²) < 4.78 is 39.1. The minimum Gasteiger partial charge on any atom is -0.496 e. The molecule has 12 heteroatoms. The summed E-state index contributed by atoms with van der Waals surface area (Å²) in [5.41, 5.74) is 0.788. The van der Waals surface area contributed by atoms with Crippen LogP contribution in [0.15, 0.2) is 64.3 Å². The second kappa shape index (κ2) is 12.9. The lowest BCUT2D eigenvalue weighted by atomic mass is 9.94. The van der Waals surface area contributed by atoms with Crippen molar-refractivity contribution >= 4 is 17.5 Å². The van der Waals surface area contributed by atoms with Crippen molar-refractivity contribution in [3.05, 3.63) is 104 Å². The molecular weight excluding hydrogens is 584 g/mol. The van der Waals surface area contributed by atoms with Crippen molar-refractivity contribution in [2.24, 2.45) is 14.1 Å². The van der Waals surface area contributed by atoms with Crippen LogP contribution in [0.5, 0.6) is 5.75 Å². The van der Waals surface area contributed by atoms with Gasteiger partial charge in [0.1, 0.15) is 22.9 Å². The molecule has 45 heavy (non-hydrogen) atoms.